The number of rotatable bonds is 3. The van der Waals surface area contributed by atoms with Gasteiger partial charge in [0.25, 0.3) is 0 Å². The molecule has 0 atom stereocenters. The van der Waals surface area contributed by atoms with Crippen LogP contribution >= 0.6 is 0 Å². The van der Waals surface area contributed by atoms with Crippen LogP contribution in [0, 0.1) is 5.92 Å². The van der Waals surface area contributed by atoms with Gasteiger partial charge in [-0.05, 0) is 30.9 Å². The van der Waals surface area contributed by atoms with E-state index in [1.54, 1.807) is 12.1 Å². The third kappa shape index (κ3) is 3.77. The molecule has 1 saturated carbocycles. The first-order chi connectivity index (χ1) is 10.9. The highest BCUT2D eigenvalue weighted by molar-refractivity contribution is 5.60. The summed E-state index contributed by atoms with van der Waals surface area (Å²) in [6.07, 6.45) is 8.96. The second kappa shape index (κ2) is 6.38. The van der Waals surface area contributed by atoms with Gasteiger partial charge in [-0.2, -0.15) is 0 Å². The Morgan fingerprint density at radius 3 is 2.57 bits per heavy atom. The maximum Gasteiger partial charge on any atom is 0.116 e. The zero-order chi connectivity index (χ0) is 16.4. The Hall–Kier alpha value is -1.77. The van der Waals surface area contributed by atoms with Gasteiger partial charge in [0.15, 0.2) is 0 Å². The van der Waals surface area contributed by atoms with Gasteiger partial charge in [-0.25, -0.2) is 4.98 Å². The van der Waals surface area contributed by atoms with E-state index in [9.17, 15) is 5.11 Å². The summed E-state index contributed by atoms with van der Waals surface area (Å²) in [7, 11) is 0. The molecule has 3 rings (SSSR count). The first-order valence-electron chi connectivity index (χ1n) is 8.80. The van der Waals surface area contributed by atoms with E-state index in [1.165, 1.54) is 32.1 Å². The van der Waals surface area contributed by atoms with Crippen LogP contribution in [0.15, 0.2) is 30.5 Å². The highest BCUT2D eigenvalue weighted by Gasteiger charge is 2.24. The molecule has 2 aromatic rings. The first-order valence-corrected chi connectivity index (χ1v) is 8.80. The van der Waals surface area contributed by atoms with Crippen molar-refractivity contribution in [2.24, 2.45) is 5.92 Å². The molecule has 3 nitrogen and oxygen atoms in total. The van der Waals surface area contributed by atoms with Gasteiger partial charge in [0.1, 0.15) is 11.6 Å². The summed E-state index contributed by atoms with van der Waals surface area (Å²) < 4.78 is 2.36. The maximum absolute atomic E-state index is 9.74. The highest BCUT2D eigenvalue weighted by atomic mass is 16.3. The summed E-state index contributed by atoms with van der Waals surface area (Å²) in [4.78, 5) is 4.91. The average Bonchev–Trinajstić information content (AvgIpc) is 2.92. The molecule has 3 heteroatoms. The van der Waals surface area contributed by atoms with Crippen LogP contribution in [0.5, 0.6) is 5.75 Å². The van der Waals surface area contributed by atoms with Crippen molar-refractivity contribution < 1.29 is 5.11 Å². The summed E-state index contributed by atoms with van der Waals surface area (Å²) >= 11 is 0. The minimum atomic E-state index is 0.0176. The molecule has 1 aromatic carbocycles. The van der Waals surface area contributed by atoms with Crippen LogP contribution in [0.3, 0.4) is 0 Å². The van der Waals surface area contributed by atoms with Crippen molar-refractivity contribution in [2.75, 3.05) is 0 Å². The van der Waals surface area contributed by atoms with Crippen LogP contribution in [0.25, 0.3) is 11.3 Å². The van der Waals surface area contributed by atoms with Crippen molar-refractivity contribution >= 4 is 0 Å². The van der Waals surface area contributed by atoms with E-state index < -0.39 is 0 Å². The molecule has 0 bridgehead atoms. The van der Waals surface area contributed by atoms with Crippen LogP contribution in [0.1, 0.15) is 58.7 Å². The van der Waals surface area contributed by atoms with E-state index in [4.69, 9.17) is 4.98 Å². The number of phenols is 1. The van der Waals surface area contributed by atoms with Gasteiger partial charge in [0.05, 0.1) is 5.69 Å². The summed E-state index contributed by atoms with van der Waals surface area (Å²) in [6, 6.07) is 7.38. The Morgan fingerprint density at radius 1 is 1.17 bits per heavy atom. The fourth-order valence-electron chi connectivity index (χ4n) is 3.61. The molecule has 1 N–H and O–H groups in total. The van der Waals surface area contributed by atoms with Crippen molar-refractivity contribution in [2.45, 2.75) is 64.8 Å². The minimum Gasteiger partial charge on any atom is -0.508 e. The molecule has 0 saturated heterocycles. The number of aromatic nitrogens is 2. The monoisotopic (exact) mass is 312 g/mol. The smallest absolute Gasteiger partial charge is 0.116 e. The van der Waals surface area contributed by atoms with E-state index in [0.717, 1.165) is 29.5 Å². The lowest BCUT2D eigenvalue weighted by atomic mass is 9.88. The van der Waals surface area contributed by atoms with Gasteiger partial charge in [-0.1, -0.05) is 52.2 Å². The van der Waals surface area contributed by atoms with E-state index in [1.807, 2.05) is 12.1 Å². The normalized spacial score (nSPS) is 16.7. The second-order valence-corrected chi connectivity index (χ2v) is 7.91. The number of hydrogen-bond acceptors (Lipinski definition) is 2. The first kappa shape index (κ1) is 16.1. The van der Waals surface area contributed by atoms with Gasteiger partial charge >= 0.3 is 0 Å². The van der Waals surface area contributed by atoms with Crippen LogP contribution < -0.4 is 0 Å². The fourth-order valence-corrected chi connectivity index (χ4v) is 3.61. The van der Waals surface area contributed by atoms with Crippen molar-refractivity contribution in [1.29, 1.82) is 0 Å². The molecule has 1 aliphatic rings. The Bertz CT molecular complexity index is 661. The van der Waals surface area contributed by atoms with Gasteiger partial charge in [-0.15, -0.1) is 0 Å². The summed E-state index contributed by atoms with van der Waals surface area (Å²) in [5.74, 6) is 2.21. The molecule has 1 fully saturated rings. The average molecular weight is 312 g/mol. The molecule has 1 aliphatic carbocycles. The zero-order valence-corrected chi connectivity index (χ0v) is 14.5. The molecule has 124 valence electrons. The van der Waals surface area contributed by atoms with Gasteiger partial charge in [0.2, 0.25) is 0 Å². The third-order valence-electron chi connectivity index (χ3n) is 4.77. The number of hydrogen-bond donors (Lipinski definition) is 1. The van der Waals surface area contributed by atoms with Crippen molar-refractivity contribution in [1.82, 2.24) is 9.55 Å². The Balaban J connectivity index is 1.93. The quantitative estimate of drug-likeness (QED) is 0.852. The van der Waals surface area contributed by atoms with E-state index >= 15 is 0 Å². The van der Waals surface area contributed by atoms with Crippen LogP contribution in [0.2, 0.25) is 0 Å². The van der Waals surface area contributed by atoms with Gasteiger partial charge in [-0.3, -0.25) is 0 Å². The minimum absolute atomic E-state index is 0.0176. The SMILES string of the molecule is CC(C)(C)c1nc(-c2cccc(O)c2)cn1CC1CCCCC1. The number of benzene rings is 1. The van der Waals surface area contributed by atoms with E-state index in [0.29, 0.717) is 5.75 Å². The van der Waals surface area contributed by atoms with E-state index in [2.05, 4.69) is 31.5 Å². The van der Waals surface area contributed by atoms with E-state index in [-0.39, 0.29) is 5.41 Å². The lowest BCUT2D eigenvalue weighted by Gasteiger charge is -2.25. The Morgan fingerprint density at radius 2 is 1.91 bits per heavy atom. The number of phenolic OH excluding ortho intramolecular Hbond substituents is 1. The Labute approximate surface area is 139 Å². The fraction of sp³-hybridized carbons (Fsp3) is 0.550. The van der Waals surface area contributed by atoms with Crippen molar-refractivity contribution in [3.8, 4) is 17.0 Å². The van der Waals surface area contributed by atoms with Gasteiger partial charge < -0.3 is 9.67 Å². The second-order valence-electron chi connectivity index (χ2n) is 7.91. The lowest BCUT2D eigenvalue weighted by molar-refractivity contribution is 0.309. The molecule has 0 radical (unpaired) electrons. The van der Waals surface area contributed by atoms with Crippen LogP contribution in [-0.4, -0.2) is 14.7 Å². The summed E-state index contributed by atoms with van der Waals surface area (Å²) in [5, 5.41) is 9.74. The van der Waals surface area contributed by atoms with Gasteiger partial charge in [0, 0.05) is 23.7 Å². The number of imidazole rings is 1. The molecular weight excluding hydrogens is 284 g/mol. The largest absolute Gasteiger partial charge is 0.508 e. The molecule has 23 heavy (non-hydrogen) atoms. The molecule has 1 heterocycles. The summed E-state index contributed by atoms with van der Waals surface area (Å²) in [6.45, 7) is 7.73. The summed E-state index contributed by atoms with van der Waals surface area (Å²) in [5.41, 5.74) is 1.96. The molecule has 0 spiro atoms. The Kier molecular flexibility index (Phi) is 4.47. The van der Waals surface area contributed by atoms with Crippen LogP contribution in [-0.2, 0) is 12.0 Å². The number of aromatic hydroxyl groups is 1. The van der Waals surface area contributed by atoms with Crippen molar-refractivity contribution in [3.05, 3.63) is 36.3 Å². The zero-order valence-electron chi connectivity index (χ0n) is 14.5. The molecule has 0 amide bonds. The van der Waals surface area contributed by atoms with Crippen molar-refractivity contribution in [3.63, 3.8) is 0 Å². The maximum atomic E-state index is 9.74. The number of nitrogens with zero attached hydrogens (tertiary/aromatic N) is 2. The molecule has 0 aliphatic heterocycles. The third-order valence-corrected chi connectivity index (χ3v) is 4.77. The predicted octanol–water partition coefficient (Wildman–Crippen LogP) is 5.13. The highest BCUT2D eigenvalue weighted by Crippen LogP contribution is 2.31. The molecular formula is C20H28N2O. The molecule has 0 unspecified atom stereocenters. The van der Waals surface area contributed by atoms with Crippen LogP contribution in [0.4, 0.5) is 0 Å². The standard InChI is InChI=1S/C20H28N2O/c1-20(2,3)19-21-18(16-10-7-11-17(23)12-16)14-22(19)13-15-8-5-4-6-9-15/h7,10-12,14-15,23H,4-6,8-9,13H2,1-3H3. The molecule has 1 aromatic heterocycles. The predicted molar refractivity (Wildman–Crippen MR) is 94.6 cm³/mol. The topological polar surface area (TPSA) is 38.1 Å². The lowest BCUT2D eigenvalue weighted by Crippen LogP contribution is -2.22.